The molecule has 1 atom stereocenters. The number of anilines is 1. The van der Waals surface area contributed by atoms with E-state index in [4.69, 9.17) is 0 Å². The summed E-state index contributed by atoms with van der Waals surface area (Å²) >= 11 is 0. The Hall–Kier alpha value is -2.18. The molecule has 0 aromatic heterocycles. The van der Waals surface area contributed by atoms with Gasteiger partial charge in [0.05, 0.1) is 5.69 Å². The van der Waals surface area contributed by atoms with Gasteiger partial charge in [-0.3, -0.25) is 4.79 Å². The minimum atomic E-state index is -1.55. The Bertz CT molecular complexity index is 862. The first kappa shape index (κ1) is 17.2. The molecular weight excluding hydrogens is 332 g/mol. The molecule has 2 aromatic rings. The van der Waals surface area contributed by atoms with Gasteiger partial charge >= 0.3 is 7.12 Å². The Morgan fingerprint density at radius 3 is 2.38 bits per heavy atom. The molecule has 1 heterocycles. The molecule has 1 aliphatic carbocycles. The molecule has 134 valence electrons. The fraction of sp³-hybridized carbons (Fsp3) is 0.350. The standard InChI is InChI=1S/C20H21BFNO3/c1-12-17(22)11-10-16-18(12)23-19(24)20(16,13-4-2-3-5-13)14-6-8-15(9-7-14)21(25)26/h6-11,13,25-26H,2-5H2,1H3,(H,23,24). The second kappa shape index (κ2) is 6.22. The average molecular weight is 353 g/mol. The van der Waals surface area contributed by atoms with Gasteiger partial charge in [0.1, 0.15) is 11.2 Å². The lowest BCUT2D eigenvalue weighted by molar-refractivity contribution is -0.121. The van der Waals surface area contributed by atoms with E-state index in [2.05, 4.69) is 5.32 Å². The Balaban J connectivity index is 1.94. The summed E-state index contributed by atoms with van der Waals surface area (Å²) in [5.74, 6) is -0.311. The fourth-order valence-corrected chi connectivity index (χ4v) is 4.71. The van der Waals surface area contributed by atoms with Crippen LogP contribution in [0, 0.1) is 18.7 Å². The van der Waals surface area contributed by atoms with E-state index in [0.717, 1.165) is 36.8 Å². The third-order valence-corrected chi connectivity index (χ3v) is 6.05. The van der Waals surface area contributed by atoms with Gasteiger partial charge in [0.15, 0.2) is 0 Å². The van der Waals surface area contributed by atoms with Gasteiger partial charge in [0.2, 0.25) is 5.91 Å². The highest BCUT2D eigenvalue weighted by Crippen LogP contribution is 2.53. The highest BCUT2D eigenvalue weighted by atomic mass is 19.1. The van der Waals surface area contributed by atoms with Crippen LogP contribution in [0.15, 0.2) is 36.4 Å². The lowest BCUT2D eigenvalue weighted by Gasteiger charge is -2.34. The number of rotatable bonds is 3. The zero-order chi connectivity index (χ0) is 18.5. The quantitative estimate of drug-likeness (QED) is 0.742. The molecule has 1 amide bonds. The molecule has 2 aliphatic rings. The van der Waals surface area contributed by atoms with Crippen LogP contribution >= 0.6 is 0 Å². The molecule has 1 saturated carbocycles. The SMILES string of the molecule is Cc1c(F)ccc2c1NC(=O)C2(c1ccc(B(O)O)cc1)C1CCCC1. The van der Waals surface area contributed by atoms with Gasteiger partial charge < -0.3 is 15.4 Å². The van der Waals surface area contributed by atoms with Gasteiger partial charge in [-0.05, 0) is 48.3 Å². The van der Waals surface area contributed by atoms with Crippen molar-refractivity contribution in [3.63, 3.8) is 0 Å². The molecule has 4 nitrogen and oxygen atoms in total. The summed E-state index contributed by atoms with van der Waals surface area (Å²) in [6, 6.07) is 10.0. The fourth-order valence-electron chi connectivity index (χ4n) is 4.71. The van der Waals surface area contributed by atoms with Crippen LogP contribution in [0.2, 0.25) is 0 Å². The zero-order valence-electron chi connectivity index (χ0n) is 14.6. The Morgan fingerprint density at radius 1 is 1.12 bits per heavy atom. The predicted octanol–water partition coefficient (Wildman–Crippen LogP) is 2.24. The second-order valence-electron chi connectivity index (χ2n) is 7.33. The summed E-state index contributed by atoms with van der Waals surface area (Å²) in [6.45, 7) is 1.68. The first-order valence-corrected chi connectivity index (χ1v) is 9.04. The molecule has 0 spiro atoms. The number of carbonyl (C=O) groups excluding carboxylic acids is 1. The first-order chi connectivity index (χ1) is 12.5. The topological polar surface area (TPSA) is 69.6 Å². The van der Waals surface area contributed by atoms with Gasteiger partial charge in [0.25, 0.3) is 0 Å². The van der Waals surface area contributed by atoms with E-state index in [1.165, 1.54) is 6.07 Å². The van der Waals surface area contributed by atoms with Crippen LogP contribution < -0.4 is 10.8 Å². The van der Waals surface area contributed by atoms with Gasteiger partial charge in [-0.1, -0.05) is 43.2 Å². The van der Waals surface area contributed by atoms with E-state index in [-0.39, 0.29) is 17.6 Å². The average Bonchev–Trinajstić information content (AvgIpc) is 3.25. The van der Waals surface area contributed by atoms with Crippen molar-refractivity contribution in [2.24, 2.45) is 5.92 Å². The third-order valence-electron chi connectivity index (χ3n) is 6.05. The smallest absolute Gasteiger partial charge is 0.423 e. The Kier molecular flexibility index (Phi) is 4.12. The summed E-state index contributed by atoms with van der Waals surface area (Å²) in [6.07, 6.45) is 4.02. The van der Waals surface area contributed by atoms with Crippen molar-refractivity contribution < 1.29 is 19.2 Å². The van der Waals surface area contributed by atoms with Gasteiger partial charge in [-0.25, -0.2) is 4.39 Å². The molecule has 1 fully saturated rings. The zero-order valence-corrected chi connectivity index (χ0v) is 14.6. The molecule has 0 bridgehead atoms. The second-order valence-corrected chi connectivity index (χ2v) is 7.33. The number of amides is 1. The van der Waals surface area contributed by atoms with Crippen LogP contribution in [-0.2, 0) is 10.2 Å². The van der Waals surface area contributed by atoms with Crippen LogP contribution in [-0.4, -0.2) is 23.1 Å². The van der Waals surface area contributed by atoms with E-state index in [1.54, 1.807) is 37.3 Å². The van der Waals surface area contributed by atoms with E-state index in [1.807, 2.05) is 0 Å². The van der Waals surface area contributed by atoms with Crippen molar-refractivity contribution in [1.82, 2.24) is 0 Å². The minimum absolute atomic E-state index is 0.120. The van der Waals surface area contributed by atoms with Gasteiger partial charge in [-0.15, -0.1) is 0 Å². The molecule has 0 radical (unpaired) electrons. The molecule has 0 saturated heterocycles. The van der Waals surface area contributed by atoms with Crippen molar-refractivity contribution in [2.75, 3.05) is 5.32 Å². The van der Waals surface area contributed by atoms with Crippen molar-refractivity contribution in [3.05, 3.63) is 58.9 Å². The molecule has 6 heteroatoms. The summed E-state index contributed by atoms with van der Waals surface area (Å²) < 4.78 is 14.1. The van der Waals surface area contributed by atoms with Crippen molar-refractivity contribution >= 4 is 24.2 Å². The number of fused-ring (bicyclic) bond motifs is 1. The van der Waals surface area contributed by atoms with E-state index in [0.29, 0.717) is 16.7 Å². The highest BCUT2D eigenvalue weighted by molar-refractivity contribution is 6.58. The molecule has 1 unspecified atom stereocenters. The van der Waals surface area contributed by atoms with Crippen molar-refractivity contribution in [2.45, 2.75) is 38.0 Å². The van der Waals surface area contributed by atoms with Gasteiger partial charge in [-0.2, -0.15) is 0 Å². The lowest BCUT2D eigenvalue weighted by atomic mass is 9.65. The highest BCUT2D eigenvalue weighted by Gasteiger charge is 2.54. The minimum Gasteiger partial charge on any atom is -0.423 e. The first-order valence-electron chi connectivity index (χ1n) is 9.04. The van der Waals surface area contributed by atoms with Crippen LogP contribution in [0.25, 0.3) is 0 Å². The normalized spacial score (nSPS) is 22.4. The number of hydrogen-bond acceptors (Lipinski definition) is 3. The molecule has 2 aromatic carbocycles. The van der Waals surface area contributed by atoms with Crippen LogP contribution in [0.3, 0.4) is 0 Å². The maximum atomic E-state index is 14.1. The third kappa shape index (κ3) is 2.32. The summed E-state index contributed by atoms with van der Waals surface area (Å²) in [4.78, 5) is 13.3. The molecule has 26 heavy (non-hydrogen) atoms. The van der Waals surface area contributed by atoms with Crippen LogP contribution in [0.5, 0.6) is 0 Å². The summed E-state index contributed by atoms with van der Waals surface area (Å²) in [7, 11) is -1.55. The maximum absolute atomic E-state index is 14.1. The molecule has 1 aliphatic heterocycles. The molecular formula is C20H21BFNO3. The number of carbonyl (C=O) groups is 1. The summed E-state index contributed by atoms with van der Waals surface area (Å²) in [5.41, 5.74) is 2.20. The predicted molar refractivity (Wildman–Crippen MR) is 98.8 cm³/mol. The Morgan fingerprint density at radius 2 is 1.77 bits per heavy atom. The summed E-state index contributed by atoms with van der Waals surface area (Å²) in [5, 5.41) is 21.7. The van der Waals surface area contributed by atoms with Crippen molar-refractivity contribution in [3.8, 4) is 0 Å². The van der Waals surface area contributed by atoms with Crippen molar-refractivity contribution in [1.29, 1.82) is 0 Å². The lowest BCUT2D eigenvalue weighted by Crippen LogP contribution is -2.42. The maximum Gasteiger partial charge on any atom is 0.488 e. The monoisotopic (exact) mass is 353 g/mol. The molecule has 4 rings (SSSR count). The number of hydrogen-bond donors (Lipinski definition) is 3. The van der Waals surface area contributed by atoms with E-state index >= 15 is 0 Å². The van der Waals surface area contributed by atoms with Crippen LogP contribution in [0.1, 0.15) is 42.4 Å². The largest absolute Gasteiger partial charge is 0.488 e. The number of benzene rings is 2. The van der Waals surface area contributed by atoms with E-state index in [9.17, 15) is 19.2 Å². The van der Waals surface area contributed by atoms with E-state index < -0.39 is 12.5 Å². The van der Waals surface area contributed by atoms with Gasteiger partial charge in [0, 0.05) is 5.56 Å². The number of halogens is 1. The number of nitrogens with one attached hydrogen (secondary N) is 1. The Labute approximate surface area is 152 Å². The van der Waals surface area contributed by atoms with Crippen LogP contribution in [0.4, 0.5) is 10.1 Å². The molecule has 3 N–H and O–H groups in total.